The average Bonchev–Trinajstić information content (AvgIpc) is 2.31. The topological polar surface area (TPSA) is 29.5 Å². The van der Waals surface area contributed by atoms with Gasteiger partial charge in [0.25, 0.3) is 0 Å². The van der Waals surface area contributed by atoms with Crippen molar-refractivity contribution in [2.45, 2.75) is 13.8 Å². The molecule has 1 aliphatic rings. The molecule has 0 N–H and O–H groups in total. The van der Waals surface area contributed by atoms with Gasteiger partial charge < -0.3 is 9.64 Å². The van der Waals surface area contributed by atoms with Crippen molar-refractivity contribution in [3.05, 3.63) is 23.8 Å². The van der Waals surface area contributed by atoms with E-state index in [4.69, 9.17) is 4.74 Å². The SMILES string of the molecule is CC.CN1CCOc2cc(C=O)ccc21. The average molecular weight is 207 g/mol. The number of anilines is 1. The van der Waals surface area contributed by atoms with E-state index in [2.05, 4.69) is 4.90 Å². The van der Waals surface area contributed by atoms with Gasteiger partial charge in [0.05, 0.1) is 12.2 Å². The van der Waals surface area contributed by atoms with Crippen molar-refractivity contribution >= 4 is 12.0 Å². The maximum atomic E-state index is 10.5. The fourth-order valence-corrected chi connectivity index (χ4v) is 1.45. The second-order valence-corrected chi connectivity index (χ2v) is 3.12. The Balaban J connectivity index is 0.000000531. The molecule has 0 atom stereocenters. The number of likely N-dealkylation sites (N-methyl/N-ethyl adjacent to an activating group) is 1. The van der Waals surface area contributed by atoms with Gasteiger partial charge >= 0.3 is 0 Å². The number of rotatable bonds is 1. The summed E-state index contributed by atoms with van der Waals surface area (Å²) in [5, 5.41) is 0. The van der Waals surface area contributed by atoms with Gasteiger partial charge in [-0.3, -0.25) is 4.79 Å². The van der Waals surface area contributed by atoms with Crippen molar-refractivity contribution in [3.8, 4) is 5.75 Å². The van der Waals surface area contributed by atoms with Crippen molar-refractivity contribution in [2.75, 3.05) is 25.1 Å². The van der Waals surface area contributed by atoms with Gasteiger partial charge in [-0.05, 0) is 18.2 Å². The van der Waals surface area contributed by atoms with Crippen LogP contribution in [0.5, 0.6) is 5.75 Å². The number of ether oxygens (including phenoxy) is 1. The van der Waals surface area contributed by atoms with Gasteiger partial charge in [0.15, 0.2) is 0 Å². The Hall–Kier alpha value is -1.51. The van der Waals surface area contributed by atoms with E-state index in [0.717, 1.165) is 24.3 Å². The number of benzene rings is 1. The smallest absolute Gasteiger partial charge is 0.150 e. The quantitative estimate of drug-likeness (QED) is 0.662. The predicted molar refractivity (Wildman–Crippen MR) is 61.9 cm³/mol. The summed E-state index contributed by atoms with van der Waals surface area (Å²) in [6.07, 6.45) is 0.832. The highest BCUT2D eigenvalue weighted by molar-refractivity contribution is 5.78. The molecule has 1 aliphatic heterocycles. The van der Waals surface area contributed by atoms with E-state index in [1.165, 1.54) is 0 Å². The molecule has 0 spiro atoms. The van der Waals surface area contributed by atoms with Crippen LogP contribution < -0.4 is 9.64 Å². The maximum absolute atomic E-state index is 10.5. The van der Waals surface area contributed by atoms with Crippen LogP contribution in [0.3, 0.4) is 0 Å². The van der Waals surface area contributed by atoms with Gasteiger partial charge in [-0.15, -0.1) is 0 Å². The third kappa shape index (κ3) is 2.49. The van der Waals surface area contributed by atoms with Crippen molar-refractivity contribution < 1.29 is 9.53 Å². The number of carbonyl (C=O) groups is 1. The molecule has 82 valence electrons. The Morgan fingerprint density at radius 3 is 2.80 bits per heavy atom. The van der Waals surface area contributed by atoms with Gasteiger partial charge in [-0.25, -0.2) is 0 Å². The monoisotopic (exact) mass is 207 g/mol. The fraction of sp³-hybridized carbons (Fsp3) is 0.417. The summed E-state index contributed by atoms with van der Waals surface area (Å²) in [7, 11) is 2.02. The number of aldehydes is 1. The number of carbonyl (C=O) groups excluding carboxylic acids is 1. The van der Waals surface area contributed by atoms with Crippen LogP contribution in [0.25, 0.3) is 0 Å². The first-order valence-corrected chi connectivity index (χ1v) is 5.24. The number of nitrogens with zero attached hydrogens (tertiary/aromatic N) is 1. The van der Waals surface area contributed by atoms with E-state index < -0.39 is 0 Å². The molecular formula is C12H17NO2. The third-order valence-corrected chi connectivity index (χ3v) is 2.22. The first-order valence-electron chi connectivity index (χ1n) is 5.24. The van der Waals surface area contributed by atoms with E-state index in [0.29, 0.717) is 12.2 Å². The van der Waals surface area contributed by atoms with Crippen molar-refractivity contribution in [1.29, 1.82) is 0 Å². The van der Waals surface area contributed by atoms with Crippen LogP contribution in [0.4, 0.5) is 5.69 Å². The van der Waals surface area contributed by atoms with E-state index in [1.54, 1.807) is 12.1 Å². The zero-order valence-corrected chi connectivity index (χ0v) is 9.49. The summed E-state index contributed by atoms with van der Waals surface area (Å²) in [6.45, 7) is 5.58. The molecule has 0 amide bonds. The first-order chi connectivity index (χ1) is 7.31. The van der Waals surface area contributed by atoms with Crippen molar-refractivity contribution in [3.63, 3.8) is 0 Å². The molecule has 0 bridgehead atoms. The van der Waals surface area contributed by atoms with Gasteiger partial charge in [0.1, 0.15) is 18.6 Å². The molecule has 0 saturated heterocycles. The van der Waals surface area contributed by atoms with Crippen LogP contribution in [0.1, 0.15) is 24.2 Å². The summed E-state index contributed by atoms with van der Waals surface area (Å²) >= 11 is 0. The normalized spacial score (nSPS) is 13.1. The summed E-state index contributed by atoms with van der Waals surface area (Å²) in [5.74, 6) is 0.804. The minimum absolute atomic E-state index is 0.661. The second kappa shape index (κ2) is 5.39. The highest BCUT2D eigenvalue weighted by Crippen LogP contribution is 2.30. The fourth-order valence-electron chi connectivity index (χ4n) is 1.45. The Morgan fingerprint density at radius 2 is 2.13 bits per heavy atom. The van der Waals surface area contributed by atoms with Crippen LogP contribution in [0.15, 0.2) is 18.2 Å². The number of hydrogen-bond acceptors (Lipinski definition) is 3. The Kier molecular flexibility index (Phi) is 4.16. The first kappa shape index (κ1) is 11.6. The van der Waals surface area contributed by atoms with E-state index in [1.807, 2.05) is 27.0 Å². The lowest BCUT2D eigenvalue weighted by atomic mass is 10.2. The molecule has 1 aromatic carbocycles. The lowest BCUT2D eigenvalue weighted by Crippen LogP contribution is -2.28. The molecule has 1 heterocycles. The lowest BCUT2D eigenvalue weighted by molar-refractivity contribution is 0.112. The molecule has 15 heavy (non-hydrogen) atoms. The molecule has 0 aromatic heterocycles. The van der Waals surface area contributed by atoms with Crippen LogP contribution in [0.2, 0.25) is 0 Å². The Morgan fingerprint density at radius 1 is 1.40 bits per heavy atom. The molecule has 1 aromatic rings. The molecule has 0 unspecified atom stereocenters. The largest absolute Gasteiger partial charge is 0.490 e. The van der Waals surface area contributed by atoms with Crippen LogP contribution >= 0.6 is 0 Å². The molecule has 0 fully saturated rings. The van der Waals surface area contributed by atoms with Crippen molar-refractivity contribution in [2.24, 2.45) is 0 Å². The van der Waals surface area contributed by atoms with E-state index in [-0.39, 0.29) is 0 Å². The zero-order chi connectivity index (χ0) is 11.3. The summed E-state index contributed by atoms with van der Waals surface area (Å²) in [6, 6.07) is 5.49. The second-order valence-electron chi connectivity index (χ2n) is 3.12. The Bertz CT molecular complexity index is 336. The van der Waals surface area contributed by atoms with Crippen molar-refractivity contribution in [1.82, 2.24) is 0 Å². The van der Waals surface area contributed by atoms with Gasteiger partial charge in [0, 0.05) is 12.6 Å². The standard InChI is InChI=1S/C10H11NO2.C2H6/c1-11-4-5-13-10-6-8(7-12)2-3-9(10)11;1-2/h2-3,6-7H,4-5H2,1H3;1-2H3. The summed E-state index contributed by atoms with van der Waals surface area (Å²) in [4.78, 5) is 12.6. The predicted octanol–water partition coefficient (Wildman–Crippen LogP) is 2.35. The minimum atomic E-state index is 0.661. The molecule has 2 rings (SSSR count). The Labute approximate surface area is 90.7 Å². The van der Waals surface area contributed by atoms with Gasteiger partial charge in [-0.1, -0.05) is 13.8 Å². The van der Waals surface area contributed by atoms with Crippen LogP contribution in [-0.4, -0.2) is 26.5 Å². The van der Waals surface area contributed by atoms with Gasteiger partial charge in [-0.2, -0.15) is 0 Å². The number of fused-ring (bicyclic) bond motifs is 1. The lowest BCUT2D eigenvalue weighted by Gasteiger charge is -2.27. The highest BCUT2D eigenvalue weighted by atomic mass is 16.5. The third-order valence-electron chi connectivity index (χ3n) is 2.22. The zero-order valence-electron chi connectivity index (χ0n) is 9.49. The minimum Gasteiger partial charge on any atom is -0.490 e. The maximum Gasteiger partial charge on any atom is 0.150 e. The molecule has 0 saturated carbocycles. The molecule has 3 heteroatoms. The van der Waals surface area contributed by atoms with E-state index in [9.17, 15) is 4.79 Å². The van der Waals surface area contributed by atoms with Crippen LogP contribution in [-0.2, 0) is 0 Å². The molecular weight excluding hydrogens is 190 g/mol. The number of hydrogen-bond donors (Lipinski definition) is 0. The highest BCUT2D eigenvalue weighted by Gasteiger charge is 2.14. The molecule has 3 nitrogen and oxygen atoms in total. The summed E-state index contributed by atoms with van der Waals surface area (Å²) < 4.78 is 5.44. The van der Waals surface area contributed by atoms with Crippen LogP contribution in [0, 0.1) is 0 Å². The van der Waals surface area contributed by atoms with Gasteiger partial charge in [0.2, 0.25) is 0 Å². The van der Waals surface area contributed by atoms with E-state index >= 15 is 0 Å². The summed E-state index contributed by atoms with van der Waals surface area (Å²) in [5.41, 5.74) is 1.71. The molecule has 0 radical (unpaired) electrons. The molecule has 0 aliphatic carbocycles.